The van der Waals surface area contributed by atoms with Crippen LogP contribution in [-0.4, -0.2) is 32.5 Å². The standard InChI is InChI=1S/C16H20N2O4S/c1-12(2)7-9-22-11-16(19)18-23(20,21)15-5-3-4-13-10-17-8-6-14(13)15/h3-6,8,10,12H,7,9,11H2,1-2H3,(H,18,19). The Morgan fingerprint density at radius 3 is 2.83 bits per heavy atom. The van der Waals surface area contributed by atoms with Crippen molar-refractivity contribution in [1.82, 2.24) is 9.71 Å². The quantitative estimate of drug-likeness (QED) is 0.783. The van der Waals surface area contributed by atoms with Gasteiger partial charge in [-0.05, 0) is 24.5 Å². The van der Waals surface area contributed by atoms with Gasteiger partial charge in [0.05, 0.1) is 4.90 Å². The molecule has 23 heavy (non-hydrogen) atoms. The third-order valence-electron chi connectivity index (χ3n) is 3.25. The van der Waals surface area contributed by atoms with Gasteiger partial charge in [0.15, 0.2) is 0 Å². The van der Waals surface area contributed by atoms with E-state index in [0.29, 0.717) is 23.3 Å². The van der Waals surface area contributed by atoms with E-state index >= 15 is 0 Å². The van der Waals surface area contributed by atoms with Crippen molar-refractivity contribution in [2.24, 2.45) is 5.92 Å². The number of nitrogens with one attached hydrogen (secondary N) is 1. The highest BCUT2D eigenvalue weighted by atomic mass is 32.2. The fourth-order valence-corrected chi connectivity index (χ4v) is 3.25. The molecule has 1 heterocycles. The summed E-state index contributed by atoms with van der Waals surface area (Å²) in [6, 6.07) is 6.44. The van der Waals surface area contributed by atoms with Crippen molar-refractivity contribution in [1.29, 1.82) is 0 Å². The van der Waals surface area contributed by atoms with E-state index in [9.17, 15) is 13.2 Å². The van der Waals surface area contributed by atoms with Crippen molar-refractivity contribution in [2.45, 2.75) is 25.2 Å². The number of pyridine rings is 1. The minimum Gasteiger partial charge on any atom is -0.372 e. The Kier molecular flexibility index (Phi) is 5.68. The normalized spacial score (nSPS) is 11.8. The van der Waals surface area contributed by atoms with Crippen molar-refractivity contribution >= 4 is 26.7 Å². The Morgan fingerprint density at radius 1 is 1.30 bits per heavy atom. The number of sulfonamides is 1. The molecule has 2 aromatic rings. The molecule has 0 spiro atoms. The Hall–Kier alpha value is -1.99. The number of hydrogen-bond acceptors (Lipinski definition) is 5. The number of carbonyl (C=O) groups excluding carboxylic acids is 1. The molecular formula is C16H20N2O4S. The molecule has 1 amide bonds. The molecule has 1 N–H and O–H groups in total. The molecular weight excluding hydrogens is 316 g/mol. The van der Waals surface area contributed by atoms with E-state index in [4.69, 9.17) is 4.74 Å². The van der Waals surface area contributed by atoms with E-state index in [1.807, 2.05) is 18.6 Å². The lowest BCUT2D eigenvalue weighted by Crippen LogP contribution is -2.33. The van der Waals surface area contributed by atoms with E-state index in [1.165, 1.54) is 12.3 Å². The van der Waals surface area contributed by atoms with Crippen LogP contribution < -0.4 is 4.72 Å². The summed E-state index contributed by atoms with van der Waals surface area (Å²) in [5.41, 5.74) is 0. The zero-order chi connectivity index (χ0) is 16.9. The largest absolute Gasteiger partial charge is 0.372 e. The van der Waals surface area contributed by atoms with Crippen molar-refractivity contribution in [2.75, 3.05) is 13.2 Å². The van der Waals surface area contributed by atoms with Crippen LogP contribution in [0.3, 0.4) is 0 Å². The SMILES string of the molecule is CC(C)CCOCC(=O)NS(=O)(=O)c1cccc2cnccc12. The van der Waals surface area contributed by atoms with Crippen molar-refractivity contribution in [3.63, 3.8) is 0 Å². The van der Waals surface area contributed by atoms with Gasteiger partial charge in [-0.25, -0.2) is 13.1 Å². The van der Waals surface area contributed by atoms with Gasteiger partial charge in [-0.3, -0.25) is 9.78 Å². The lowest BCUT2D eigenvalue weighted by atomic mass is 10.1. The zero-order valence-electron chi connectivity index (χ0n) is 13.2. The molecule has 7 heteroatoms. The van der Waals surface area contributed by atoms with E-state index in [1.54, 1.807) is 24.4 Å². The third-order valence-corrected chi connectivity index (χ3v) is 4.68. The van der Waals surface area contributed by atoms with Crippen molar-refractivity contribution < 1.29 is 17.9 Å². The fraction of sp³-hybridized carbons (Fsp3) is 0.375. The summed E-state index contributed by atoms with van der Waals surface area (Å²) in [7, 11) is -3.95. The van der Waals surface area contributed by atoms with Gasteiger partial charge in [-0.15, -0.1) is 0 Å². The first kappa shape index (κ1) is 17.4. The van der Waals surface area contributed by atoms with Crippen LogP contribution in [0.4, 0.5) is 0 Å². The van der Waals surface area contributed by atoms with Crippen LogP contribution in [0.25, 0.3) is 10.8 Å². The lowest BCUT2D eigenvalue weighted by molar-refractivity contribution is -0.124. The summed E-state index contributed by atoms with van der Waals surface area (Å²) >= 11 is 0. The van der Waals surface area contributed by atoms with Crippen LogP contribution in [-0.2, 0) is 19.6 Å². The van der Waals surface area contributed by atoms with E-state index in [0.717, 1.165) is 6.42 Å². The second-order valence-corrected chi connectivity index (χ2v) is 7.27. The molecule has 0 aliphatic rings. The predicted molar refractivity (Wildman–Crippen MR) is 87.3 cm³/mol. The molecule has 0 saturated carbocycles. The molecule has 1 aromatic carbocycles. The van der Waals surface area contributed by atoms with Crippen LogP contribution in [0.2, 0.25) is 0 Å². The Morgan fingerprint density at radius 2 is 2.09 bits per heavy atom. The first-order valence-electron chi connectivity index (χ1n) is 7.36. The van der Waals surface area contributed by atoms with E-state index in [-0.39, 0.29) is 11.5 Å². The zero-order valence-corrected chi connectivity index (χ0v) is 14.0. The molecule has 0 bridgehead atoms. The fourth-order valence-electron chi connectivity index (χ4n) is 2.05. The predicted octanol–water partition coefficient (Wildman–Crippen LogP) is 2.10. The smallest absolute Gasteiger partial charge is 0.264 e. The van der Waals surface area contributed by atoms with Crippen LogP contribution in [0.1, 0.15) is 20.3 Å². The van der Waals surface area contributed by atoms with Gasteiger partial charge in [-0.1, -0.05) is 26.0 Å². The van der Waals surface area contributed by atoms with Gasteiger partial charge >= 0.3 is 0 Å². The highest BCUT2D eigenvalue weighted by Gasteiger charge is 2.20. The molecule has 0 saturated heterocycles. The lowest BCUT2D eigenvalue weighted by Gasteiger charge is -2.10. The first-order valence-corrected chi connectivity index (χ1v) is 8.84. The number of carbonyl (C=O) groups is 1. The van der Waals surface area contributed by atoms with Crippen LogP contribution in [0, 0.1) is 5.92 Å². The molecule has 0 aliphatic heterocycles. The molecule has 0 radical (unpaired) electrons. The number of fused-ring (bicyclic) bond motifs is 1. The Balaban J connectivity index is 2.08. The molecule has 124 valence electrons. The highest BCUT2D eigenvalue weighted by Crippen LogP contribution is 2.21. The molecule has 6 nitrogen and oxygen atoms in total. The maximum atomic E-state index is 12.4. The molecule has 0 atom stereocenters. The molecule has 0 aliphatic carbocycles. The minimum absolute atomic E-state index is 0.0490. The molecule has 0 fully saturated rings. The number of aromatic nitrogens is 1. The summed E-state index contributed by atoms with van der Waals surface area (Å²) in [6.45, 7) is 4.23. The molecule has 0 unspecified atom stereocenters. The maximum Gasteiger partial charge on any atom is 0.264 e. The summed E-state index contributed by atoms with van der Waals surface area (Å²) in [6.07, 6.45) is 3.90. The number of benzene rings is 1. The first-order chi connectivity index (χ1) is 10.9. The van der Waals surface area contributed by atoms with Gasteiger partial charge in [0.1, 0.15) is 6.61 Å². The maximum absolute atomic E-state index is 12.4. The Bertz CT molecular complexity index is 782. The number of hydrogen-bond donors (Lipinski definition) is 1. The van der Waals surface area contributed by atoms with Gasteiger partial charge in [0.25, 0.3) is 15.9 Å². The minimum atomic E-state index is -3.95. The number of nitrogens with zero attached hydrogens (tertiary/aromatic N) is 1. The summed E-state index contributed by atoms with van der Waals surface area (Å²) < 4.78 is 32.0. The van der Waals surface area contributed by atoms with Crippen LogP contribution in [0.5, 0.6) is 0 Å². The van der Waals surface area contributed by atoms with Crippen LogP contribution in [0.15, 0.2) is 41.6 Å². The second kappa shape index (κ2) is 7.52. The number of amides is 1. The summed E-state index contributed by atoms with van der Waals surface area (Å²) in [5, 5.41) is 1.21. The topological polar surface area (TPSA) is 85.4 Å². The average Bonchev–Trinajstić information content (AvgIpc) is 2.50. The summed E-state index contributed by atoms with van der Waals surface area (Å²) in [5.74, 6) is -0.217. The van der Waals surface area contributed by atoms with E-state index in [2.05, 4.69) is 4.98 Å². The molecule has 1 aromatic heterocycles. The average molecular weight is 336 g/mol. The van der Waals surface area contributed by atoms with E-state index < -0.39 is 15.9 Å². The monoisotopic (exact) mass is 336 g/mol. The van der Waals surface area contributed by atoms with Crippen molar-refractivity contribution in [3.05, 3.63) is 36.7 Å². The van der Waals surface area contributed by atoms with Gasteiger partial charge in [0.2, 0.25) is 0 Å². The molecule has 2 rings (SSSR count). The van der Waals surface area contributed by atoms with Crippen LogP contribution >= 0.6 is 0 Å². The van der Waals surface area contributed by atoms with Gasteiger partial charge in [0, 0.05) is 29.8 Å². The number of ether oxygens (including phenoxy) is 1. The summed E-state index contributed by atoms with van der Waals surface area (Å²) in [4.78, 5) is 15.8. The number of rotatable bonds is 7. The second-order valence-electron chi connectivity index (χ2n) is 5.62. The van der Waals surface area contributed by atoms with Gasteiger partial charge < -0.3 is 4.74 Å². The third kappa shape index (κ3) is 4.74. The Labute approximate surface area is 135 Å². The van der Waals surface area contributed by atoms with Gasteiger partial charge in [-0.2, -0.15) is 0 Å². The highest BCUT2D eigenvalue weighted by molar-refractivity contribution is 7.90. The van der Waals surface area contributed by atoms with Crippen molar-refractivity contribution in [3.8, 4) is 0 Å².